The van der Waals surface area contributed by atoms with Crippen LogP contribution >= 0.6 is 0 Å². The lowest BCUT2D eigenvalue weighted by Crippen LogP contribution is -2.26. The van der Waals surface area contributed by atoms with Crippen molar-refractivity contribution in [1.82, 2.24) is 0 Å². The van der Waals surface area contributed by atoms with Gasteiger partial charge in [0.05, 0.1) is 5.92 Å². The molecule has 0 spiro atoms. The molecule has 0 fully saturated rings. The van der Waals surface area contributed by atoms with E-state index in [0.717, 1.165) is 0 Å². The number of hydrogen-bond donors (Lipinski definition) is 1. The van der Waals surface area contributed by atoms with Gasteiger partial charge in [-0.25, -0.2) is 0 Å². The van der Waals surface area contributed by atoms with Crippen LogP contribution in [0.5, 0.6) is 0 Å². The number of carboxylic acids is 1. The Bertz CT molecular complexity index is 290. The molecule has 0 heterocycles. The predicted molar refractivity (Wildman–Crippen MR) is 51.8 cm³/mol. The SMILES string of the molecule is CC(CCC(=O)OC(C)(C)C#N)C(=O)O. The number of hydrogen-bond acceptors (Lipinski definition) is 4. The summed E-state index contributed by atoms with van der Waals surface area (Å²) in [6.07, 6.45) is 0.230. The number of carbonyl (C=O) groups is 2. The van der Waals surface area contributed by atoms with Crippen LogP contribution in [0.2, 0.25) is 0 Å². The van der Waals surface area contributed by atoms with E-state index >= 15 is 0 Å². The summed E-state index contributed by atoms with van der Waals surface area (Å²) >= 11 is 0. The molecule has 0 aliphatic carbocycles. The maximum Gasteiger partial charge on any atom is 0.307 e. The van der Waals surface area contributed by atoms with Crippen LogP contribution in [-0.4, -0.2) is 22.6 Å². The minimum Gasteiger partial charge on any atom is -0.481 e. The summed E-state index contributed by atoms with van der Waals surface area (Å²) in [5.41, 5.74) is -1.15. The summed E-state index contributed by atoms with van der Waals surface area (Å²) in [7, 11) is 0. The summed E-state index contributed by atoms with van der Waals surface area (Å²) in [4.78, 5) is 21.6. The molecular formula is C10H15NO4. The van der Waals surface area contributed by atoms with Crippen molar-refractivity contribution < 1.29 is 19.4 Å². The van der Waals surface area contributed by atoms with E-state index in [2.05, 4.69) is 0 Å². The number of aliphatic carboxylic acids is 1. The van der Waals surface area contributed by atoms with Gasteiger partial charge in [0, 0.05) is 6.42 Å². The van der Waals surface area contributed by atoms with Crippen molar-refractivity contribution in [3.63, 3.8) is 0 Å². The third-order valence-electron chi connectivity index (χ3n) is 1.84. The topological polar surface area (TPSA) is 87.4 Å². The van der Waals surface area contributed by atoms with Crippen LogP contribution < -0.4 is 0 Å². The Hall–Kier alpha value is -1.57. The molecule has 15 heavy (non-hydrogen) atoms. The van der Waals surface area contributed by atoms with Gasteiger partial charge < -0.3 is 9.84 Å². The normalized spacial score (nSPS) is 12.7. The molecular weight excluding hydrogens is 198 g/mol. The largest absolute Gasteiger partial charge is 0.481 e. The molecule has 5 heteroatoms. The van der Waals surface area contributed by atoms with Crippen LogP contribution in [0.4, 0.5) is 0 Å². The zero-order valence-corrected chi connectivity index (χ0v) is 9.11. The highest BCUT2D eigenvalue weighted by Gasteiger charge is 2.22. The van der Waals surface area contributed by atoms with Crippen molar-refractivity contribution in [1.29, 1.82) is 5.26 Å². The number of nitrogens with zero attached hydrogens (tertiary/aromatic N) is 1. The fourth-order valence-corrected chi connectivity index (χ4v) is 0.816. The van der Waals surface area contributed by atoms with Crippen molar-refractivity contribution in [2.75, 3.05) is 0 Å². The molecule has 0 aromatic heterocycles. The van der Waals surface area contributed by atoms with Crippen LogP contribution in [0.25, 0.3) is 0 Å². The fraction of sp³-hybridized carbons (Fsp3) is 0.700. The zero-order valence-electron chi connectivity index (χ0n) is 9.11. The monoisotopic (exact) mass is 213 g/mol. The molecule has 1 N–H and O–H groups in total. The van der Waals surface area contributed by atoms with Gasteiger partial charge in [0.25, 0.3) is 0 Å². The van der Waals surface area contributed by atoms with E-state index in [4.69, 9.17) is 15.1 Å². The predicted octanol–water partition coefficient (Wildman–Crippen LogP) is 1.33. The van der Waals surface area contributed by atoms with E-state index in [1.165, 1.54) is 20.8 Å². The Labute approximate surface area is 88.6 Å². The lowest BCUT2D eigenvalue weighted by Gasteiger charge is -2.16. The molecule has 0 saturated heterocycles. The molecule has 0 amide bonds. The molecule has 0 aliphatic rings. The highest BCUT2D eigenvalue weighted by atomic mass is 16.6. The Morgan fingerprint density at radius 1 is 1.53 bits per heavy atom. The van der Waals surface area contributed by atoms with Gasteiger partial charge in [-0.2, -0.15) is 5.26 Å². The van der Waals surface area contributed by atoms with E-state index in [1.54, 1.807) is 0 Å². The average molecular weight is 213 g/mol. The molecule has 1 atom stereocenters. The standard InChI is InChI=1S/C10H15NO4/c1-7(9(13)14)4-5-8(12)15-10(2,3)6-11/h7H,4-5H2,1-3H3,(H,13,14). The van der Waals surface area contributed by atoms with Crippen molar-refractivity contribution in [2.45, 2.75) is 39.2 Å². The van der Waals surface area contributed by atoms with Gasteiger partial charge >= 0.3 is 11.9 Å². The van der Waals surface area contributed by atoms with Crippen molar-refractivity contribution in [3.8, 4) is 6.07 Å². The molecule has 0 saturated carbocycles. The van der Waals surface area contributed by atoms with E-state index in [9.17, 15) is 9.59 Å². The Morgan fingerprint density at radius 3 is 2.47 bits per heavy atom. The van der Waals surface area contributed by atoms with Crippen LogP contribution in [0, 0.1) is 17.2 Å². The van der Waals surface area contributed by atoms with E-state index in [0.29, 0.717) is 0 Å². The quantitative estimate of drug-likeness (QED) is 0.696. The molecule has 0 radical (unpaired) electrons. The van der Waals surface area contributed by atoms with Crippen LogP contribution in [0.3, 0.4) is 0 Å². The van der Waals surface area contributed by atoms with Crippen molar-refractivity contribution >= 4 is 11.9 Å². The van der Waals surface area contributed by atoms with E-state index in [-0.39, 0.29) is 12.8 Å². The third kappa shape index (κ3) is 5.68. The lowest BCUT2D eigenvalue weighted by atomic mass is 10.1. The number of esters is 1. The van der Waals surface area contributed by atoms with Gasteiger partial charge in [-0.3, -0.25) is 9.59 Å². The number of nitriles is 1. The molecule has 0 aliphatic heterocycles. The zero-order chi connectivity index (χ0) is 12.1. The highest BCUT2D eigenvalue weighted by molar-refractivity contribution is 5.73. The smallest absolute Gasteiger partial charge is 0.307 e. The number of carboxylic acid groups (broad SMARTS) is 1. The van der Waals surface area contributed by atoms with Crippen molar-refractivity contribution in [3.05, 3.63) is 0 Å². The molecule has 0 bridgehead atoms. The lowest BCUT2D eigenvalue weighted by molar-refractivity contribution is -0.152. The first kappa shape index (κ1) is 13.4. The van der Waals surface area contributed by atoms with Gasteiger partial charge in [0.1, 0.15) is 6.07 Å². The Balaban J connectivity index is 3.97. The minimum atomic E-state index is -1.15. The first-order valence-corrected chi connectivity index (χ1v) is 4.64. The summed E-state index contributed by atoms with van der Waals surface area (Å²) in [5, 5.41) is 17.2. The summed E-state index contributed by atoms with van der Waals surface area (Å²) in [5.74, 6) is -2.07. The van der Waals surface area contributed by atoms with E-state index < -0.39 is 23.5 Å². The Morgan fingerprint density at radius 2 is 2.07 bits per heavy atom. The van der Waals surface area contributed by atoms with Gasteiger partial charge in [-0.1, -0.05) is 6.92 Å². The third-order valence-corrected chi connectivity index (χ3v) is 1.84. The van der Waals surface area contributed by atoms with Crippen LogP contribution in [0.1, 0.15) is 33.6 Å². The molecule has 0 aromatic carbocycles. The summed E-state index contributed by atoms with van der Waals surface area (Å²) in [6, 6.07) is 1.82. The Kier molecular flexibility index (Phi) is 4.79. The molecule has 1 unspecified atom stereocenters. The van der Waals surface area contributed by atoms with Crippen LogP contribution in [0.15, 0.2) is 0 Å². The van der Waals surface area contributed by atoms with Gasteiger partial charge in [0.2, 0.25) is 0 Å². The first-order chi connectivity index (χ1) is 6.78. The van der Waals surface area contributed by atoms with Gasteiger partial charge in [0.15, 0.2) is 5.60 Å². The number of ether oxygens (including phenoxy) is 1. The maximum absolute atomic E-state index is 11.2. The first-order valence-electron chi connectivity index (χ1n) is 4.64. The fourth-order valence-electron chi connectivity index (χ4n) is 0.816. The van der Waals surface area contributed by atoms with Crippen LogP contribution in [-0.2, 0) is 14.3 Å². The number of carbonyl (C=O) groups excluding carboxylic acids is 1. The maximum atomic E-state index is 11.2. The second-order valence-electron chi connectivity index (χ2n) is 3.87. The van der Waals surface area contributed by atoms with Gasteiger partial charge in [-0.05, 0) is 20.3 Å². The summed E-state index contributed by atoms with van der Waals surface area (Å²) in [6.45, 7) is 4.47. The van der Waals surface area contributed by atoms with Gasteiger partial charge in [-0.15, -0.1) is 0 Å². The summed E-state index contributed by atoms with van der Waals surface area (Å²) < 4.78 is 4.82. The van der Waals surface area contributed by atoms with Crippen molar-refractivity contribution in [2.24, 2.45) is 5.92 Å². The molecule has 0 rings (SSSR count). The number of rotatable bonds is 5. The highest BCUT2D eigenvalue weighted by Crippen LogP contribution is 2.12. The van der Waals surface area contributed by atoms with E-state index in [1.807, 2.05) is 6.07 Å². The molecule has 0 aromatic rings. The second-order valence-corrected chi connectivity index (χ2v) is 3.87. The second kappa shape index (κ2) is 5.35. The molecule has 5 nitrogen and oxygen atoms in total. The minimum absolute atomic E-state index is 0.0125. The average Bonchev–Trinajstić information content (AvgIpc) is 2.13. The molecule has 84 valence electrons.